The Balaban J connectivity index is 0.00000624. The average molecular weight is 930 g/mol. The van der Waals surface area contributed by atoms with Gasteiger partial charge in [0.05, 0.1) is 34.5 Å². The van der Waals surface area contributed by atoms with Crippen molar-refractivity contribution in [2.24, 2.45) is 0 Å². The summed E-state index contributed by atoms with van der Waals surface area (Å²) < 4.78 is 133. The Bertz CT molecular complexity index is 3720. The van der Waals surface area contributed by atoms with E-state index in [0.29, 0.717) is 27.8 Å². The van der Waals surface area contributed by atoms with Crippen LogP contribution in [-0.4, -0.2) is 14.1 Å². The molecule has 0 unspecified atom stereocenters. The minimum atomic E-state index is -1.37. The molecule has 3 aromatic heterocycles. The molecular weight excluding hydrogens is 880 g/mol. The van der Waals surface area contributed by atoms with Crippen molar-refractivity contribution in [1.82, 2.24) is 14.1 Å². The quantitative estimate of drug-likeness (QED) is 0.112. The second-order valence-corrected chi connectivity index (χ2v) is 13.1. The van der Waals surface area contributed by atoms with Crippen molar-refractivity contribution in [3.8, 4) is 50.9 Å². The summed E-state index contributed by atoms with van der Waals surface area (Å²) in [7, 11) is 0. The Kier molecular flexibility index (Phi) is 6.26. The van der Waals surface area contributed by atoms with E-state index < -0.39 is 66.3 Å². The van der Waals surface area contributed by atoms with Gasteiger partial charge in [0.1, 0.15) is 5.82 Å². The fourth-order valence-corrected chi connectivity index (χ4v) is 6.92. The third-order valence-corrected chi connectivity index (χ3v) is 9.42. The summed E-state index contributed by atoms with van der Waals surface area (Å²) in [5.74, 6) is -0.803. The van der Waals surface area contributed by atoms with E-state index >= 15 is 0 Å². The summed E-state index contributed by atoms with van der Waals surface area (Å²) in [6.07, 6.45) is 2.98. The van der Waals surface area contributed by atoms with Crippen molar-refractivity contribution in [1.29, 1.82) is 0 Å². The molecule has 0 amide bonds. The predicted octanol–water partition coefficient (Wildman–Crippen LogP) is 12.0. The number of nitrogens with zero attached hydrogens (tertiary/aromatic N) is 4. The Morgan fingerprint density at radius 1 is 0.684 bits per heavy atom. The van der Waals surface area contributed by atoms with Crippen LogP contribution in [0.15, 0.2) is 176 Å². The molecule has 278 valence electrons. The molecule has 0 bridgehead atoms. The van der Waals surface area contributed by atoms with E-state index in [1.165, 1.54) is 6.07 Å². The van der Waals surface area contributed by atoms with Crippen LogP contribution in [0.1, 0.15) is 44.5 Å². The van der Waals surface area contributed by atoms with Crippen LogP contribution >= 0.6 is 0 Å². The van der Waals surface area contributed by atoms with Gasteiger partial charge in [0.15, 0.2) is 0 Å². The summed E-state index contributed by atoms with van der Waals surface area (Å²) in [5.41, 5.74) is 2.64. The zero-order valence-corrected chi connectivity index (χ0v) is 32.5. The van der Waals surface area contributed by atoms with Crippen LogP contribution in [0.4, 0.5) is 0 Å². The maximum Gasteiger partial charge on any atom is 0.268 e. The fourth-order valence-electron chi connectivity index (χ4n) is 6.92. The Hall–Kier alpha value is -6.55. The molecule has 0 saturated carbocycles. The van der Waals surface area contributed by atoms with Gasteiger partial charge in [0.2, 0.25) is 0 Å². The molecule has 57 heavy (non-hydrogen) atoms. The topological polar surface area (TPSA) is 35.9 Å². The van der Waals surface area contributed by atoms with Gasteiger partial charge in [-0.15, -0.1) is 29.7 Å². The number of pyridine rings is 1. The molecule has 0 spiro atoms. The largest absolute Gasteiger partial charge is 0.510 e. The number of para-hydroxylation sites is 4. The molecule has 0 aliphatic carbocycles. The Morgan fingerprint density at radius 2 is 1.35 bits per heavy atom. The molecular formula is C51H36N4OPt-2. The summed E-state index contributed by atoms with van der Waals surface area (Å²) in [6.45, 7) is 3.13. The van der Waals surface area contributed by atoms with Gasteiger partial charge in [-0.1, -0.05) is 140 Å². The summed E-state index contributed by atoms with van der Waals surface area (Å²) in [4.78, 5) is 4.39. The third kappa shape index (κ3) is 6.54. The summed E-state index contributed by atoms with van der Waals surface area (Å²) in [6, 6.07) is 28.7. The van der Waals surface area contributed by atoms with Crippen molar-refractivity contribution in [2.45, 2.75) is 19.7 Å². The molecule has 10 rings (SSSR count). The maximum atomic E-state index is 9.18. The molecule has 0 fully saturated rings. The third-order valence-electron chi connectivity index (χ3n) is 9.42. The number of hydrogen-bond donors (Lipinski definition) is 0. The standard InChI is InChI=1S/C51H36N4O.Pt/c1-35(2)38-29-30-52-50(31-38)55-46-24-10-9-21-44(46)45-28-27-41(33-49(45)55)56-40-20-13-19-39(32-40)53-34-54(48-26-12-11-25-47(48)53)51-42(36-15-5-3-6-16-36)22-14-23-43(51)37-17-7-4-8-18-37;/h3-31,35H,1-2H3;/q-2;/i3D,4D,5D,6D,7D,8D,15D,16D,17D,18D,29D,30D,31D,35D;. The molecule has 0 aliphatic heterocycles. The van der Waals surface area contributed by atoms with Crippen LogP contribution < -0.4 is 9.30 Å². The number of imidazole rings is 1. The van der Waals surface area contributed by atoms with Crippen LogP contribution in [0, 0.1) is 18.5 Å². The van der Waals surface area contributed by atoms with Crippen molar-refractivity contribution in [3.05, 3.63) is 200 Å². The van der Waals surface area contributed by atoms with Gasteiger partial charge < -0.3 is 13.9 Å². The van der Waals surface area contributed by atoms with E-state index in [2.05, 4.69) is 23.4 Å². The van der Waals surface area contributed by atoms with Gasteiger partial charge in [-0.2, -0.15) is 18.2 Å². The van der Waals surface area contributed by atoms with Crippen LogP contribution in [0.25, 0.3) is 72.3 Å². The first-order chi connectivity index (χ1) is 33.3. The van der Waals surface area contributed by atoms with Crippen molar-refractivity contribution in [3.63, 3.8) is 0 Å². The number of benzene rings is 7. The van der Waals surface area contributed by atoms with Gasteiger partial charge >= 0.3 is 0 Å². The first-order valence-electron chi connectivity index (χ1n) is 24.7. The Morgan fingerprint density at radius 3 is 2.09 bits per heavy atom. The van der Waals surface area contributed by atoms with Gasteiger partial charge in [-0.25, -0.2) is 4.98 Å². The zero-order valence-electron chi connectivity index (χ0n) is 44.3. The van der Waals surface area contributed by atoms with Crippen LogP contribution in [0.5, 0.6) is 11.5 Å². The molecule has 6 heteroatoms. The maximum absolute atomic E-state index is 9.18. The van der Waals surface area contributed by atoms with Crippen LogP contribution in [0.3, 0.4) is 0 Å². The Labute approximate surface area is 366 Å². The molecule has 7 aromatic carbocycles. The van der Waals surface area contributed by atoms with Gasteiger partial charge in [0, 0.05) is 45.6 Å². The number of ether oxygens (including phenoxy) is 1. The van der Waals surface area contributed by atoms with E-state index in [4.69, 9.17) is 22.6 Å². The van der Waals surface area contributed by atoms with E-state index in [-0.39, 0.29) is 90.1 Å². The van der Waals surface area contributed by atoms with Crippen LogP contribution in [-0.2, 0) is 21.1 Å². The first-order valence-corrected chi connectivity index (χ1v) is 17.7. The second kappa shape index (κ2) is 15.2. The number of aromatic nitrogens is 4. The van der Waals surface area contributed by atoms with Crippen LogP contribution in [0.2, 0.25) is 0 Å². The molecule has 5 nitrogen and oxygen atoms in total. The smallest absolute Gasteiger partial charge is 0.268 e. The van der Waals surface area contributed by atoms with E-state index in [0.717, 1.165) is 10.8 Å². The number of rotatable bonds is 8. The number of fused-ring (bicyclic) bond motifs is 4. The molecule has 0 saturated heterocycles. The molecule has 0 atom stereocenters. The van der Waals surface area contributed by atoms with Crippen molar-refractivity contribution < 1.29 is 49.6 Å². The molecule has 0 aliphatic rings. The fraction of sp³-hybridized carbons (Fsp3) is 0.0588. The van der Waals surface area contributed by atoms with Crippen molar-refractivity contribution >= 4 is 32.8 Å². The SMILES string of the molecule is [2H]c1nc(-n2c3[c-]c(Oc4[c-]c(-n5[c-][n+](-c6c(-c7c([2H])c([2H])c([2H])c([2H])c7[2H])cccc6-c6c([2H])c([2H])c([2H])c([2H])c6[2H])c6ccccc65)ccc4)ccc3c3ccccc32)c([2H])c(C([2H])(C)C)c1[2H].[Pt]. The van der Waals surface area contributed by atoms with E-state index in [1.54, 1.807) is 88.2 Å². The van der Waals surface area contributed by atoms with Crippen molar-refractivity contribution in [2.75, 3.05) is 0 Å². The van der Waals surface area contributed by atoms with Gasteiger partial charge in [0.25, 0.3) is 6.33 Å². The second-order valence-electron chi connectivity index (χ2n) is 13.1. The van der Waals surface area contributed by atoms with Gasteiger partial charge in [-0.05, 0) is 62.9 Å². The number of hydrogen-bond acceptors (Lipinski definition) is 2. The molecule has 3 heterocycles. The van der Waals surface area contributed by atoms with E-state index in [1.807, 2.05) is 30.3 Å². The average Bonchev–Trinajstić information content (AvgIpc) is 3.88. The zero-order chi connectivity index (χ0) is 49.8. The molecule has 0 radical (unpaired) electrons. The van der Waals surface area contributed by atoms with Gasteiger partial charge in [-0.3, -0.25) is 4.57 Å². The first kappa shape index (κ1) is 23.5. The minimum absolute atomic E-state index is 0. The monoisotopic (exact) mass is 929 g/mol. The molecule has 10 aromatic rings. The molecule has 0 N–H and O–H groups in total. The summed E-state index contributed by atoms with van der Waals surface area (Å²) in [5, 5.41) is 1.56. The predicted molar refractivity (Wildman–Crippen MR) is 225 cm³/mol. The normalized spacial score (nSPS) is 15.0. The minimum Gasteiger partial charge on any atom is -0.510 e. The summed E-state index contributed by atoms with van der Waals surface area (Å²) >= 11 is 0. The van der Waals surface area contributed by atoms with E-state index in [9.17, 15) is 1.37 Å².